The molecule has 2 rings (SSSR count). The van der Waals surface area contributed by atoms with Gasteiger partial charge in [0.15, 0.2) is 0 Å². The monoisotopic (exact) mass is 254 g/mol. The van der Waals surface area contributed by atoms with Crippen molar-refractivity contribution in [3.05, 3.63) is 40.7 Å². The van der Waals surface area contributed by atoms with Gasteiger partial charge in [-0.2, -0.15) is 0 Å². The molecule has 0 aliphatic heterocycles. The smallest absolute Gasteiger partial charge is 0.147 e. The first kappa shape index (κ1) is 11.4. The Morgan fingerprint density at radius 3 is 2.94 bits per heavy atom. The number of hydrogen-bond donors (Lipinski definition) is 1. The van der Waals surface area contributed by atoms with Crippen molar-refractivity contribution in [1.82, 2.24) is 5.16 Å². The number of aromatic nitrogens is 1. The van der Waals surface area contributed by atoms with Crippen LogP contribution in [0.4, 0.5) is 5.69 Å². The molecule has 2 N–H and O–H groups in total. The molecule has 0 bridgehead atoms. The molecule has 0 unspecified atom stereocenters. The van der Waals surface area contributed by atoms with Crippen LogP contribution in [0.1, 0.15) is 11.5 Å². The fourth-order valence-corrected chi connectivity index (χ4v) is 2.51. The molecule has 0 radical (unpaired) electrons. The molecule has 0 atom stereocenters. The highest BCUT2D eigenvalue weighted by Gasteiger charge is 2.07. The standard InChI is InChI=1S/C11H11ClN2OS/c1-7-5-8(15-14-7)6-16-11-9(12)3-2-4-10(11)13/h2-5H,6,13H2,1H3. The number of nitrogen functional groups attached to an aromatic ring is 1. The van der Waals surface area contributed by atoms with Gasteiger partial charge in [-0.1, -0.05) is 22.8 Å². The highest BCUT2D eigenvalue weighted by atomic mass is 35.5. The van der Waals surface area contributed by atoms with Gasteiger partial charge in [-0.05, 0) is 19.1 Å². The van der Waals surface area contributed by atoms with E-state index in [0.29, 0.717) is 16.5 Å². The van der Waals surface area contributed by atoms with E-state index in [1.54, 1.807) is 11.8 Å². The lowest BCUT2D eigenvalue weighted by molar-refractivity contribution is 0.391. The number of benzene rings is 1. The van der Waals surface area contributed by atoms with Crippen LogP contribution in [-0.4, -0.2) is 5.16 Å². The van der Waals surface area contributed by atoms with Crippen LogP contribution in [0, 0.1) is 6.92 Å². The number of rotatable bonds is 3. The molecule has 1 aromatic heterocycles. The van der Waals surface area contributed by atoms with E-state index in [9.17, 15) is 0 Å². The lowest BCUT2D eigenvalue weighted by Gasteiger charge is -2.05. The number of anilines is 1. The molecular weight excluding hydrogens is 244 g/mol. The molecule has 84 valence electrons. The molecule has 3 nitrogen and oxygen atoms in total. The van der Waals surface area contributed by atoms with Crippen molar-refractivity contribution in [2.45, 2.75) is 17.6 Å². The minimum absolute atomic E-state index is 0.668. The zero-order chi connectivity index (χ0) is 11.5. The van der Waals surface area contributed by atoms with Crippen molar-refractivity contribution in [3.63, 3.8) is 0 Å². The number of halogens is 1. The molecule has 0 spiro atoms. The topological polar surface area (TPSA) is 52.0 Å². The second kappa shape index (κ2) is 4.80. The third-order valence-corrected chi connectivity index (χ3v) is 3.63. The van der Waals surface area contributed by atoms with E-state index >= 15 is 0 Å². The Morgan fingerprint density at radius 1 is 1.50 bits per heavy atom. The van der Waals surface area contributed by atoms with Crippen molar-refractivity contribution in [2.24, 2.45) is 0 Å². The Labute approximate surface area is 103 Å². The van der Waals surface area contributed by atoms with Crippen LogP contribution in [0.3, 0.4) is 0 Å². The highest BCUT2D eigenvalue weighted by molar-refractivity contribution is 7.98. The van der Waals surface area contributed by atoms with Crippen molar-refractivity contribution < 1.29 is 4.52 Å². The van der Waals surface area contributed by atoms with E-state index in [0.717, 1.165) is 16.3 Å². The molecule has 0 saturated carbocycles. The second-order valence-corrected chi connectivity index (χ2v) is 4.77. The second-order valence-electron chi connectivity index (χ2n) is 3.38. The lowest BCUT2D eigenvalue weighted by atomic mass is 10.3. The predicted octanol–water partition coefficient (Wildman–Crippen LogP) is 3.51. The van der Waals surface area contributed by atoms with Crippen molar-refractivity contribution in [2.75, 3.05) is 5.73 Å². The normalized spacial score (nSPS) is 10.6. The number of nitrogens with two attached hydrogens (primary N) is 1. The Bertz CT molecular complexity index is 478. The molecule has 0 aliphatic rings. The van der Waals surface area contributed by atoms with Gasteiger partial charge in [0, 0.05) is 16.6 Å². The summed E-state index contributed by atoms with van der Waals surface area (Å²) < 4.78 is 5.11. The summed E-state index contributed by atoms with van der Waals surface area (Å²) in [6.45, 7) is 1.89. The van der Waals surface area contributed by atoms with Gasteiger partial charge in [0.2, 0.25) is 0 Å². The maximum atomic E-state index is 6.05. The van der Waals surface area contributed by atoms with Gasteiger partial charge >= 0.3 is 0 Å². The molecule has 0 amide bonds. The van der Waals surface area contributed by atoms with E-state index in [2.05, 4.69) is 5.16 Å². The van der Waals surface area contributed by atoms with Crippen LogP contribution in [0.5, 0.6) is 0 Å². The summed E-state index contributed by atoms with van der Waals surface area (Å²) in [5, 5.41) is 4.49. The van der Waals surface area contributed by atoms with Crippen LogP contribution < -0.4 is 5.73 Å². The first-order chi connectivity index (χ1) is 7.66. The van der Waals surface area contributed by atoms with Crippen molar-refractivity contribution in [3.8, 4) is 0 Å². The molecule has 0 saturated heterocycles. The van der Waals surface area contributed by atoms with Gasteiger partial charge in [-0.3, -0.25) is 0 Å². The minimum Gasteiger partial charge on any atom is -0.398 e. The van der Waals surface area contributed by atoms with Crippen LogP contribution in [0.25, 0.3) is 0 Å². The zero-order valence-electron chi connectivity index (χ0n) is 8.74. The number of hydrogen-bond acceptors (Lipinski definition) is 4. The lowest BCUT2D eigenvalue weighted by Crippen LogP contribution is -1.89. The summed E-state index contributed by atoms with van der Waals surface area (Å²) in [5.41, 5.74) is 7.41. The van der Waals surface area contributed by atoms with Gasteiger partial charge in [0.05, 0.1) is 16.5 Å². The van der Waals surface area contributed by atoms with E-state index in [4.69, 9.17) is 21.9 Å². The SMILES string of the molecule is Cc1cc(CSc2c(N)cccc2Cl)on1. The zero-order valence-corrected chi connectivity index (χ0v) is 10.3. The molecule has 2 aromatic rings. The third kappa shape index (κ3) is 2.51. The van der Waals surface area contributed by atoms with Gasteiger partial charge in [0.1, 0.15) is 5.76 Å². The molecule has 16 heavy (non-hydrogen) atoms. The number of thioether (sulfide) groups is 1. The summed E-state index contributed by atoms with van der Waals surface area (Å²) in [6.07, 6.45) is 0. The van der Waals surface area contributed by atoms with Crippen LogP contribution in [-0.2, 0) is 5.75 Å². The maximum Gasteiger partial charge on any atom is 0.147 e. The summed E-state index contributed by atoms with van der Waals surface area (Å²) in [7, 11) is 0. The summed E-state index contributed by atoms with van der Waals surface area (Å²) in [6, 6.07) is 7.39. The quantitative estimate of drug-likeness (QED) is 0.673. The molecule has 1 aromatic carbocycles. The molecule has 5 heteroatoms. The minimum atomic E-state index is 0.668. The summed E-state index contributed by atoms with van der Waals surface area (Å²) in [4.78, 5) is 0.887. The van der Waals surface area contributed by atoms with Gasteiger partial charge in [-0.25, -0.2) is 0 Å². The first-order valence-corrected chi connectivity index (χ1v) is 6.12. The highest BCUT2D eigenvalue weighted by Crippen LogP contribution is 2.34. The average molecular weight is 255 g/mol. The van der Waals surface area contributed by atoms with E-state index in [1.165, 1.54) is 0 Å². The first-order valence-electron chi connectivity index (χ1n) is 4.76. The van der Waals surface area contributed by atoms with E-state index in [1.807, 2.05) is 31.2 Å². The van der Waals surface area contributed by atoms with Crippen molar-refractivity contribution in [1.29, 1.82) is 0 Å². The predicted molar refractivity (Wildman–Crippen MR) is 66.7 cm³/mol. The Balaban J connectivity index is 2.10. The fourth-order valence-electron chi connectivity index (χ4n) is 1.31. The maximum absolute atomic E-state index is 6.05. The average Bonchev–Trinajstić information content (AvgIpc) is 2.63. The molecule has 0 fully saturated rings. The van der Waals surface area contributed by atoms with Crippen LogP contribution in [0.2, 0.25) is 5.02 Å². The van der Waals surface area contributed by atoms with E-state index < -0.39 is 0 Å². The van der Waals surface area contributed by atoms with Gasteiger partial charge < -0.3 is 10.3 Å². The van der Waals surface area contributed by atoms with Crippen LogP contribution >= 0.6 is 23.4 Å². The van der Waals surface area contributed by atoms with Crippen LogP contribution in [0.15, 0.2) is 33.7 Å². The molecule has 1 heterocycles. The Morgan fingerprint density at radius 2 is 2.31 bits per heavy atom. The molecular formula is C11H11ClN2OS. The molecule has 0 aliphatic carbocycles. The summed E-state index contributed by atoms with van der Waals surface area (Å²) in [5.74, 6) is 1.50. The van der Waals surface area contributed by atoms with Crippen molar-refractivity contribution >= 4 is 29.1 Å². The van der Waals surface area contributed by atoms with Gasteiger partial charge in [0.25, 0.3) is 0 Å². The number of aryl methyl sites for hydroxylation is 1. The third-order valence-electron chi connectivity index (χ3n) is 2.03. The van der Waals surface area contributed by atoms with Gasteiger partial charge in [-0.15, -0.1) is 11.8 Å². The largest absolute Gasteiger partial charge is 0.398 e. The Kier molecular flexibility index (Phi) is 3.41. The number of nitrogens with zero attached hydrogens (tertiary/aromatic N) is 1. The Hall–Kier alpha value is -1.13. The fraction of sp³-hybridized carbons (Fsp3) is 0.182. The summed E-state index contributed by atoms with van der Waals surface area (Å²) >= 11 is 7.60. The van der Waals surface area contributed by atoms with E-state index in [-0.39, 0.29) is 0 Å².